The van der Waals surface area contributed by atoms with Crippen LogP contribution in [0.2, 0.25) is 0 Å². The summed E-state index contributed by atoms with van der Waals surface area (Å²) in [5, 5.41) is 2.93. The Morgan fingerprint density at radius 2 is 1.90 bits per heavy atom. The van der Waals surface area contributed by atoms with Crippen molar-refractivity contribution in [3.8, 4) is 0 Å². The van der Waals surface area contributed by atoms with E-state index < -0.39 is 9.84 Å². The van der Waals surface area contributed by atoms with Crippen molar-refractivity contribution in [2.24, 2.45) is 0 Å². The molecule has 1 N–H and O–H groups in total. The van der Waals surface area contributed by atoms with E-state index in [1.807, 2.05) is 19.1 Å². The first-order valence-corrected chi connectivity index (χ1v) is 8.72. The third-order valence-corrected chi connectivity index (χ3v) is 6.00. The topological polar surface area (TPSA) is 49.4 Å². The lowest BCUT2D eigenvalue weighted by Gasteiger charge is -2.28. The van der Waals surface area contributed by atoms with Crippen LogP contribution in [0.5, 0.6) is 0 Å². The van der Waals surface area contributed by atoms with E-state index in [0.717, 1.165) is 37.3 Å². The van der Waals surface area contributed by atoms with E-state index in [2.05, 4.69) is 10.2 Å². The lowest BCUT2D eigenvalue weighted by Crippen LogP contribution is -2.43. The van der Waals surface area contributed by atoms with Crippen LogP contribution in [-0.2, 0) is 16.4 Å². The Hall–Kier alpha value is -0.910. The quantitative estimate of drug-likeness (QED) is 0.916. The summed E-state index contributed by atoms with van der Waals surface area (Å²) in [4.78, 5) is 2.81. The van der Waals surface area contributed by atoms with Gasteiger partial charge in [0, 0.05) is 32.7 Å². The van der Waals surface area contributed by atoms with Gasteiger partial charge in [0.2, 0.25) is 0 Å². The van der Waals surface area contributed by atoms with Gasteiger partial charge in [-0.2, -0.15) is 0 Å². The molecule has 0 radical (unpaired) electrons. The first-order valence-electron chi connectivity index (χ1n) is 7.18. The van der Waals surface area contributed by atoms with Gasteiger partial charge in [0.15, 0.2) is 9.84 Å². The van der Waals surface area contributed by atoms with Crippen molar-refractivity contribution in [3.63, 3.8) is 0 Å². The molecule has 1 heterocycles. The second kappa shape index (κ2) is 6.24. The van der Waals surface area contributed by atoms with Gasteiger partial charge in [-0.1, -0.05) is 17.7 Å². The van der Waals surface area contributed by atoms with Crippen LogP contribution in [0.4, 0.5) is 0 Å². The molecule has 5 heteroatoms. The van der Waals surface area contributed by atoms with Gasteiger partial charge in [-0.25, -0.2) is 8.42 Å². The maximum atomic E-state index is 12.5. The smallest absolute Gasteiger partial charge is 0.181 e. The summed E-state index contributed by atoms with van der Waals surface area (Å²) in [5.74, 6) is 0. The van der Waals surface area contributed by atoms with Crippen LogP contribution in [0.3, 0.4) is 0 Å². The Labute approximate surface area is 122 Å². The molecule has 0 aromatic heterocycles. The summed E-state index contributed by atoms with van der Waals surface area (Å²) in [6.07, 6.45) is 0. The molecule has 0 unspecified atom stereocenters. The number of sulfone groups is 1. The molecule has 0 atom stereocenters. The SMILES string of the molecule is Cc1ccc(S(=O)(=O)C(C)C)c(CN2CCNCC2)c1. The molecule has 1 saturated heterocycles. The van der Waals surface area contributed by atoms with Crippen LogP contribution in [0.25, 0.3) is 0 Å². The molecular formula is C15H24N2O2S. The van der Waals surface area contributed by atoms with Gasteiger partial charge >= 0.3 is 0 Å². The molecule has 1 aliphatic rings. The molecule has 2 rings (SSSR count). The highest BCUT2D eigenvalue weighted by atomic mass is 32.2. The number of piperazine rings is 1. The van der Waals surface area contributed by atoms with Gasteiger partial charge in [0.05, 0.1) is 10.1 Å². The van der Waals surface area contributed by atoms with Crippen molar-refractivity contribution in [1.29, 1.82) is 0 Å². The molecule has 20 heavy (non-hydrogen) atoms. The highest BCUT2D eigenvalue weighted by Crippen LogP contribution is 2.23. The molecule has 1 fully saturated rings. The second-order valence-corrected chi connectivity index (χ2v) is 8.20. The van der Waals surface area contributed by atoms with Crippen LogP contribution < -0.4 is 5.32 Å². The fourth-order valence-corrected chi connectivity index (χ4v) is 3.73. The molecule has 1 aliphatic heterocycles. The monoisotopic (exact) mass is 296 g/mol. The zero-order chi connectivity index (χ0) is 14.8. The van der Waals surface area contributed by atoms with E-state index in [-0.39, 0.29) is 5.25 Å². The number of rotatable bonds is 4. The van der Waals surface area contributed by atoms with Gasteiger partial charge in [-0.05, 0) is 32.4 Å². The molecule has 0 bridgehead atoms. The molecular weight excluding hydrogens is 272 g/mol. The van der Waals surface area contributed by atoms with Crippen LogP contribution in [0.15, 0.2) is 23.1 Å². The summed E-state index contributed by atoms with van der Waals surface area (Å²) >= 11 is 0. The summed E-state index contributed by atoms with van der Waals surface area (Å²) in [7, 11) is -3.22. The summed E-state index contributed by atoms with van der Waals surface area (Å²) < 4.78 is 24.9. The Kier molecular flexibility index (Phi) is 4.83. The molecule has 0 saturated carbocycles. The van der Waals surface area contributed by atoms with Gasteiger partial charge < -0.3 is 5.32 Å². The summed E-state index contributed by atoms with van der Waals surface area (Å²) in [6.45, 7) is 10.1. The number of hydrogen-bond acceptors (Lipinski definition) is 4. The van der Waals surface area contributed by atoms with Crippen molar-refractivity contribution in [2.75, 3.05) is 26.2 Å². The standard InChI is InChI=1S/C15H24N2O2S/c1-12(2)20(18,19)15-5-4-13(3)10-14(15)11-17-8-6-16-7-9-17/h4-5,10,12,16H,6-9,11H2,1-3H3. The first kappa shape index (κ1) is 15.5. The Balaban J connectivity index is 2.33. The predicted octanol–water partition coefficient (Wildman–Crippen LogP) is 1.58. The molecule has 1 aromatic rings. The summed E-state index contributed by atoms with van der Waals surface area (Å²) in [6, 6.07) is 5.66. The zero-order valence-corrected chi connectivity index (χ0v) is 13.3. The van der Waals surface area contributed by atoms with Gasteiger partial charge in [-0.3, -0.25) is 4.90 Å². The van der Waals surface area contributed by atoms with Gasteiger partial charge in [-0.15, -0.1) is 0 Å². The van der Waals surface area contributed by atoms with Crippen molar-refractivity contribution < 1.29 is 8.42 Å². The Morgan fingerprint density at radius 3 is 2.50 bits per heavy atom. The van der Waals surface area contributed by atoms with Crippen LogP contribution >= 0.6 is 0 Å². The summed E-state index contributed by atoms with van der Waals surface area (Å²) in [5.41, 5.74) is 2.04. The predicted molar refractivity (Wildman–Crippen MR) is 81.6 cm³/mol. The lowest BCUT2D eigenvalue weighted by molar-refractivity contribution is 0.231. The second-order valence-electron chi connectivity index (χ2n) is 5.73. The minimum absolute atomic E-state index is 0.382. The van der Waals surface area contributed by atoms with Crippen LogP contribution in [0.1, 0.15) is 25.0 Å². The molecule has 0 amide bonds. The van der Waals surface area contributed by atoms with E-state index >= 15 is 0 Å². The van der Waals surface area contributed by atoms with E-state index in [9.17, 15) is 8.42 Å². The third kappa shape index (κ3) is 3.40. The fourth-order valence-electron chi connectivity index (χ4n) is 2.47. The van der Waals surface area contributed by atoms with Crippen LogP contribution in [-0.4, -0.2) is 44.7 Å². The van der Waals surface area contributed by atoms with Crippen molar-refractivity contribution in [1.82, 2.24) is 10.2 Å². The number of aryl methyl sites for hydroxylation is 1. The molecule has 4 nitrogen and oxygen atoms in total. The molecule has 0 aliphatic carbocycles. The third-order valence-electron chi connectivity index (χ3n) is 3.75. The average molecular weight is 296 g/mol. The van der Waals surface area contributed by atoms with Crippen molar-refractivity contribution in [2.45, 2.75) is 37.5 Å². The lowest BCUT2D eigenvalue weighted by atomic mass is 10.1. The Morgan fingerprint density at radius 1 is 1.25 bits per heavy atom. The van der Waals surface area contributed by atoms with Gasteiger partial charge in [0.25, 0.3) is 0 Å². The highest BCUT2D eigenvalue weighted by Gasteiger charge is 2.23. The molecule has 0 spiro atoms. The van der Waals surface area contributed by atoms with Crippen molar-refractivity contribution in [3.05, 3.63) is 29.3 Å². The Bertz CT molecular complexity index is 561. The van der Waals surface area contributed by atoms with Gasteiger partial charge in [0.1, 0.15) is 0 Å². The molecule has 112 valence electrons. The van der Waals surface area contributed by atoms with Crippen LogP contribution in [0, 0.1) is 6.92 Å². The largest absolute Gasteiger partial charge is 0.314 e. The maximum Gasteiger partial charge on any atom is 0.181 e. The van der Waals surface area contributed by atoms with E-state index in [1.165, 1.54) is 0 Å². The molecule has 1 aromatic carbocycles. The highest BCUT2D eigenvalue weighted by molar-refractivity contribution is 7.92. The van der Waals surface area contributed by atoms with Crippen molar-refractivity contribution >= 4 is 9.84 Å². The number of nitrogens with one attached hydrogen (secondary N) is 1. The van der Waals surface area contributed by atoms with E-state index in [0.29, 0.717) is 11.4 Å². The minimum Gasteiger partial charge on any atom is -0.314 e. The zero-order valence-electron chi connectivity index (χ0n) is 12.5. The fraction of sp³-hybridized carbons (Fsp3) is 0.600. The maximum absolute atomic E-state index is 12.5. The van der Waals surface area contributed by atoms with E-state index in [4.69, 9.17) is 0 Å². The number of hydrogen-bond donors (Lipinski definition) is 1. The number of nitrogens with zero attached hydrogens (tertiary/aromatic N) is 1. The first-order chi connectivity index (χ1) is 9.41. The number of benzene rings is 1. The van der Waals surface area contributed by atoms with E-state index in [1.54, 1.807) is 19.9 Å². The normalized spacial score (nSPS) is 17.6. The average Bonchev–Trinajstić information content (AvgIpc) is 2.39. The minimum atomic E-state index is -3.22.